The molecule has 2 aromatic heterocycles. The summed E-state index contributed by atoms with van der Waals surface area (Å²) in [7, 11) is 1.80. The molecule has 2 aromatic rings. The van der Waals surface area contributed by atoms with E-state index in [4.69, 9.17) is 15.1 Å². The van der Waals surface area contributed by atoms with Crippen molar-refractivity contribution in [3.63, 3.8) is 0 Å². The molecule has 0 aromatic carbocycles. The van der Waals surface area contributed by atoms with Crippen LogP contribution in [-0.2, 0) is 17.6 Å². The topological polar surface area (TPSA) is 71.2 Å². The van der Waals surface area contributed by atoms with Gasteiger partial charge in [-0.05, 0) is 67.4 Å². The highest BCUT2D eigenvalue weighted by Crippen LogP contribution is 2.26. The lowest BCUT2D eigenvalue weighted by molar-refractivity contribution is 0.0852. The van der Waals surface area contributed by atoms with Crippen molar-refractivity contribution in [3.8, 4) is 0 Å². The number of hydrogen-bond donors (Lipinski definition) is 1. The molecule has 0 saturated carbocycles. The van der Waals surface area contributed by atoms with Gasteiger partial charge in [0.2, 0.25) is 0 Å². The highest BCUT2D eigenvalue weighted by molar-refractivity contribution is 6.08. The smallest absolute Gasteiger partial charge is 0.0885 e. The number of rotatable bonds is 9. The molecule has 0 unspecified atom stereocenters. The maximum Gasteiger partial charge on any atom is 0.0885 e. The van der Waals surface area contributed by atoms with Gasteiger partial charge in [-0.1, -0.05) is 32.9 Å². The van der Waals surface area contributed by atoms with Crippen LogP contribution in [0.4, 0.5) is 0 Å². The maximum absolute atomic E-state index is 8.28. The van der Waals surface area contributed by atoms with Crippen LogP contribution in [-0.4, -0.2) is 41.7 Å². The predicted molar refractivity (Wildman–Crippen MR) is 132 cm³/mol. The molecule has 1 aliphatic rings. The molecule has 5 nitrogen and oxygen atoms in total. The zero-order valence-electron chi connectivity index (χ0n) is 19.9. The summed E-state index contributed by atoms with van der Waals surface area (Å²) in [4.78, 5) is 14.0. The second-order valence-corrected chi connectivity index (χ2v) is 8.81. The Labute approximate surface area is 192 Å². The van der Waals surface area contributed by atoms with E-state index >= 15 is 0 Å². The van der Waals surface area contributed by atoms with E-state index in [1.807, 2.05) is 31.3 Å². The number of allylic oxidation sites excluding steroid dienone is 2. The van der Waals surface area contributed by atoms with E-state index < -0.39 is 0 Å². The van der Waals surface area contributed by atoms with Crippen LogP contribution < -0.4 is 0 Å². The molecule has 0 spiro atoms. The minimum Gasteiger partial charge on any atom is -0.381 e. The van der Waals surface area contributed by atoms with Gasteiger partial charge in [0.05, 0.1) is 17.1 Å². The molecular formula is C27H36N4O. The molecule has 1 fully saturated rings. The minimum absolute atomic E-state index is 0.480. The van der Waals surface area contributed by atoms with Crippen molar-refractivity contribution in [3.05, 3.63) is 70.8 Å². The van der Waals surface area contributed by atoms with E-state index in [-0.39, 0.29) is 0 Å². The van der Waals surface area contributed by atoms with E-state index in [0.29, 0.717) is 24.0 Å². The third-order valence-electron chi connectivity index (χ3n) is 5.90. The van der Waals surface area contributed by atoms with Crippen molar-refractivity contribution < 1.29 is 4.74 Å². The molecule has 170 valence electrons. The summed E-state index contributed by atoms with van der Waals surface area (Å²) in [5, 5.41) is 8.28. The zero-order chi connectivity index (χ0) is 22.9. The van der Waals surface area contributed by atoms with Crippen molar-refractivity contribution >= 4 is 11.4 Å². The molecule has 3 heterocycles. The Kier molecular flexibility index (Phi) is 8.86. The largest absolute Gasteiger partial charge is 0.381 e. The summed E-state index contributed by atoms with van der Waals surface area (Å²) < 4.78 is 5.46. The molecule has 0 atom stereocenters. The Morgan fingerprint density at radius 3 is 2.62 bits per heavy atom. The molecule has 1 N–H and O–H groups in total. The fourth-order valence-electron chi connectivity index (χ4n) is 4.05. The Bertz CT molecular complexity index is 954. The van der Waals surface area contributed by atoms with Crippen molar-refractivity contribution in [2.75, 3.05) is 20.3 Å². The first-order valence-corrected chi connectivity index (χ1v) is 11.8. The Morgan fingerprint density at radius 1 is 1.22 bits per heavy atom. The van der Waals surface area contributed by atoms with Crippen LogP contribution in [0.2, 0.25) is 0 Å². The number of ether oxygens (including phenoxy) is 1. The van der Waals surface area contributed by atoms with Crippen molar-refractivity contribution in [2.45, 2.75) is 58.8 Å². The number of pyridine rings is 2. The van der Waals surface area contributed by atoms with E-state index in [0.717, 1.165) is 67.3 Å². The van der Waals surface area contributed by atoms with Gasteiger partial charge in [0.25, 0.3) is 0 Å². The van der Waals surface area contributed by atoms with Crippen molar-refractivity contribution in [2.24, 2.45) is 10.9 Å². The van der Waals surface area contributed by atoms with Crippen LogP contribution in [0.5, 0.6) is 0 Å². The van der Waals surface area contributed by atoms with Gasteiger partial charge < -0.3 is 10.1 Å². The fraction of sp³-hybridized carbons (Fsp3) is 0.481. The predicted octanol–water partition coefficient (Wildman–Crippen LogP) is 5.56. The SMILES string of the molecule is CCC(=N)c1ccc(C(/C=C\Cc2ccc(C3CCOCC3)cn2)=NC)nc1CC(C)C. The van der Waals surface area contributed by atoms with Crippen LogP contribution in [0.15, 0.2) is 47.6 Å². The number of aliphatic imine (C=N–C) groups is 1. The average molecular weight is 433 g/mol. The van der Waals surface area contributed by atoms with Crippen molar-refractivity contribution in [1.82, 2.24) is 9.97 Å². The summed E-state index contributed by atoms with van der Waals surface area (Å²) in [6.07, 6.45) is 10.6. The average Bonchev–Trinajstić information content (AvgIpc) is 2.82. The molecule has 0 bridgehead atoms. The molecule has 5 heteroatoms. The van der Waals surface area contributed by atoms with E-state index in [9.17, 15) is 0 Å². The summed E-state index contributed by atoms with van der Waals surface area (Å²) in [6, 6.07) is 8.35. The van der Waals surface area contributed by atoms with E-state index in [2.05, 4.69) is 42.0 Å². The first kappa shape index (κ1) is 24.0. The first-order valence-electron chi connectivity index (χ1n) is 11.8. The fourth-order valence-corrected chi connectivity index (χ4v) is 4.05. The van der Waals surface area contributed by atoms with Gasteiger partial charge in [0.15, 0.2) is 0 Å². The quantitative estimate of drug-likeness (QED) is 0.527. The van der Waals surface area contributed by atoms with Crippen LogP contribution in [0.25, 0.3) is 0 Å². The molecule has 0 aliphatic carbocycles. The molecule has 1 aliphatic heterocycles. The molecule has 0 radical (unpaired) electrons. The maximum atomic E-state index is 8.28. The molecule has 3 rings (SSSR count). The van der Waals surface area contributed by atoms with Crippen molar-refractivity contribution in [1.29, 1.82) is 5.41 Å². The number of aromatic nitrogens is 2. The lowest BCUT2D eigenvalue weighted by Gasteiger charge is -2.22. The summed E-state index contributed by atoms with van der Waals surface area (Å²) in [5.41, 5.74) is 6.66. The Balaban J connectivity index is 1.70. The van der Waals surface area contributed by atoms with Crippen LogP contribution in [0.1, 0.15) is 74.2 Å². The van der Waals surface area contributed by atoms with Gasteiger partial charge in [0, 0.05) is 49.8 Å². The van der Waals surface area contributed by atoms with Gasteiger partial charge in [-0.3, -0.25) is 15.0 Å². The van der Waals surface area contributed by atoms with Gasteiger partial charge in [-0.15, -0.1) is 0 Å². The third-order valence-corrected chi connectivity index (χ3v) is 5.90. The van der Waals surface area contributed by atoms with Crippen LogP contribution >= 0.6 is 0 Å². The molecular weight excluding hydrogens is 396 g/mol. The van der Waals surface area contributed by atoms with E-state index in [1.165, 1.54) is 5.56 Å². The number of hydrogen-bond acceptors (Lipinski definition) is 5. The molecule has 0 amide bonds. The lowest BCUT2D eigenvalue weighted by atomic mass is 9.93. The highest BCUT2D eigenvalue weighted by Gasteiger charge is 2.16. The minimum atomic E-state index is 0.480. The normalized spacial score (nSPS) is 15.6. The number of nitrogens with zero attached hydrogens (tertiary/aromatic N) is 3. The first-order chi connectivity index (χ1) is 15.5. The van der Waals surface area contributed by atoms with E-state index in [1.54, 1.807) is 7.05 Å². The number of nitrogens with one attached hydrogen (secondary N) is 1. The summed E-state index contributed by atoms with van der Waals surface area (Å²) in [6.45, 7) is 8.08. The van der Waals surface area contributed by atoms with Gasteiger partial charge in [0.1, 0.15) is 0 Å². The highest BCUT2D eigenvalue weighted by atomic mass is 16.5. The standard InChI is InChI=1S/C27H36N4O/c1-5-24(28)23-11-12-26(31-27(23)17-19(2)3)25(29-4)8-6-7-22-10-9-21(18-30-22)20-13-15-32-16-14-20/h6,8-12,18-20,28H,5,7,13-17H2,1-4H3/b8-6-,28-24?,29-25?. The third kappa shape index (κ3) is 6.42. The molecule has 1 saturated heterocycles. The zero-order valence-corrected chi connectivity index (χ0v) is 19.9. The van der Waals surface area contributed by atoms with Gasteiger partial charge >= 0.3 is 0 Å². The second-order valence-electron chi connectivity index (χ2n) is 8.81. The lowest BCUT2D eigenvalue weighted by Crippen LogP contribution is -2.14. The van der Waals surface area contributed by atoms with Crippen LogP contribution in [0, 0.1) is 11.3 Å². The Morgan fingerprint density at radius 2 is 2.00 bits per heavy atom. The Hall–Kier alpha value is -2.66. The second kappa shape index (κ2) is 11.8. The van der Waals surface area contributed by atoms with Gasteiger partial charge in [-0.25, -0.2) is 0 Å². The summed E-state index contributed by atoms with van der Waals surface area (Å²) in [5.74, 6) is 1.05. The summed E-state index contributed by atoms with van der Waals surface area (Å²) >= 11 is 0. The van der Waals surface area contributed by atoms with Gasteiger partial charge in [-0.2, -0.15) is 0 Å². The monoisotopic (exact) mass is 432 g/mol. The molecule has 32 heavy (non-hydrogen) atoms. The van der Waals surface area contributed by atoms with Crippen LogP contribution in [0.3, 0.4) is 0 Å².